The number of likely N-dealkylation sites (tertiary alicyclic amines) is 1. The van der Waals surface area contributed by atoms with Gasteiger partial charge in [0.2, 0.25) is 17.7 Å². The molecule has 0 radical (unpaired) electrons. The van der Waals surface area contributed by atoms with E-state index >= 15 is 0 Å². The number of hydrogen-bond donors (Lipinski definition) is 1. The van der Waals surface area contributed by atoms with Crippen LogP contribution in [0.2, 0.25) is 0 Å². The van der Waals surface area contributed by atoms with Gasteiger partial charge in [-0.15, -0.1) is 0 Å². The Morgan fingerprint density at radius 3 is 2.79 bits per heavy atom. The third-order valence-electron chi connectivity index (χ3n) is 6.02. The van der Waals surface area contributed by atoms with Crippen molar-refractivity contribution >= 4 is 17.5 Å². The number of aryl methyl sites for hydroxylation is 1. The van der Waals surface area contributed by atoms with Gasteiger partial charge in [-0.25, -0.2) is 19.6 Å². The molecule has 0 aliphatic carbocycles. The fraction of sp³-hybridized carbons (Fsp3) is 0.304. The molecule has 1 amide bonds. The number of rotatable bonds is 5. The fourth-order valence-electron chi connectivity index (χ4n) is 4.22. The molecule has 6 rings (SSSR count). The number of fused-ring (bicyclic) bond motifs is 1. The monoisotopic (exact) mass is 458 g/mol. The molecule has 0 saturated carbocycles. The van der Waals surface area contributed by atoms with Crippen LogP contribution in [0.25, 0.3) is 22.8 Å². The summed E-state index contributed by atoms with van der Waals surface area (Å²) in [6, 6.07) is 9.20. The molecular weight excluding hydrogens is 436 g/mol. The summed E-state index contributed by atoms with van der Waals surface area (Å²) in [5.74, 6) is 1.44. The first kappa shape index (κ1) is 20.3. The molecule has 1 saturated heterocycles. The quantitative estimate of drug-likeness (QED) is 0.481. The average Bonchev–Trinajstić information content (AvgIpc) is 3.60. The first-order valence-electron chi connectivity index (χ1n) is 11.1. The Kier molecular flexibility index (Phi) is 4.93. The first-order valence-corrected chi connectivity index (χ1v) is 11.1. The van der Waals surface area contributed by atoms with Gasteiger partial charge in [-0.2, -0.15) is 5.10 Å². The maximum atomic E-state index is 12.3. The van der Waals surface area contributed by atoms with E-state index in [2.05, 4.69) is 25.5 Å². The summed E-state index contributed by atoms with van der Waals surface area (Å²) in [5, 5.41) is 11.7. The molecule has 11 nitrogen and oxygen atoms in total. The number of amides is 1. The van der Waals surface area contributed by atoms with Crippen LogP contribution in [0.15, 0.2) is 47.2 Å². The molecule has 1 N–H and O–H groups in total. The molecule has 0 aromatic carbocycles. The standard InChI is InChI=1S/C23H22N8O3/c1-30-10-7-14(21(30)32)20-12-18(29-34-20)16-5-2-4-15(26-16)17-6-8-24-23(27-17)28-19-13-25-31-9-3-11-33-22(19)31/h2,4-6,8,12-14H,3,7,9-11H2,1H3,(H,24,27,28). The van der Waals surface area contributed by atoms with Gasteiger partial charge in [-0.3, -0.25) is 4.79 Å². The van der Waals surface area contributed by atoms with Crippen molar-refractivity contribution in [2.24, 2.45) is 0 Å². The molecule has 1 fully saturated rings. The zero-order valence-corrected chi connectivity index (χ0v) is 18.5. The lowest BCUT2D eigenvalue weighted by Crippen LogP contribution is -2.21. The number of carbonyl (C=O) groups excluding carboxylic acids is 1. The Hall–Kier alpha value is -4.28. The predicted molar refractivity (Wildman–Crippen MR) is 121 cm³/mol. The minimum absolute atomic E-state index is 0.0514. The van der Waals surface area contributed by atoms with Gasteiger partial charge in [-0.05, 0) is 24.6 Å². The molecule has 0 bridgehead atoms. The molecule has 1 unspecified atom stereocenters. The first-order chi connectivity index (χ1) is 16.7. The summed E-state index contributed by atoms with van der Waals surface area (Å²) < 4.78 is 13.0. The third kappa shape index (κ3) is 3.64. The normalized spacial score (nSPS) is 17.5. The lowest BCUT2D eigenvalue weighted by atomic mass is 10.0. The number of hydrogen-bond acceptors (Lipinski definition) is 9. The average molecular weight is 458 g/mol. The lowest BCUT2D eigenvalue weighted by Gasteiger charge is -2.16. The number of pyridine rings is 1. The number of likely N-dealkylation sites (N-methyl/N-ethyl adjacent to an activating group) is 1. The van der Waals surface area contributed by atoms with E-state index in [4.69, 9.17) is 14.2 Å². The molecule has 4 aromatic rings. The smallest absolute Gasteiger partial charge is 0.236 e. The van der Waals surface area contributed by atoms with Gasteiger partial charge in [-0.1, -0.05) is 11.2 Å². The molecular formula is C23H22N8O3. The molecule has 6 heterocycles. The molecule has 34 heavy (non-hydrogen) atoms. The molecule has 2 aliphatic rings. The summed E-state index contributed by atoms with van der Waals surface area (Å²) in [6.45, 7) is 2.20. The van der Waals surface area contributed by atoms with Crippen molar-refractivity contribution in [2.75, 3.05) is 25.5 Å². The van der Waals surface area contributed by atoms with Crippen molar-refractivity contribution in [3.05, 3.63) is 48.5 Å². The summed E-state index contributed by atoms with van der Waals surface area (Å²) in [7, 11) is 1.80. The second-order valence-electron chi connectivity index (χ2n) is 8.30. The van der Waals surface area contributed by atoms with Crippen LogP contribution in [0.4, 0.5) is 11.6 Å². The minimum Gasteiger partial charge on any atom is -0.476 e. The number of carbonyl (C=O) groups is 1. The second kappa shape index (κ2) is 8.25. The van der Waals surface area contributed by atoms with Gasteiger partial charge < -0.3 is 19.5 Å². The van der Waals surface area contributed by atoms with E-state index in [1.165, 1.54) is 0 Å². The summed E-state index contributed by atoms with van der Waals surface area (Å²) in [4.78, 5) is 27.7. The van der Waals surface area contributed by atoms with Crippen molar-refractivity contribution in [3.8, 4) is 28.7 Å². The van der Waals surface area contributed by atoms with Crippen molar-refractivity contribution in [2.45, 2.75) is 25.3 Å². The molecule has 4 aromatic heterocycles. The Morgan fingerprint density at radius 1 is 1.09 bits per heavy atom. The summed E-state index contributed by atoms with van der Waals surface area (Å²) >= 11 is 0. The zero-order valence-electron chi connectivity index (χ0n) is 18.5. The Balaban J connectivity index is 1.25. The SMILES string of the molecule is CN1CCC(c2cc(-c3cccc(-c4ccnc(Nc5cnn6c5OCCC6)n4)n3)no2)C1=O. The van der Waals surface area contributed by atoms with E-state index in [0.29, 0.717) is 53.5 Å². The van der Waals surface area contributed by atoms with Crippen molar-refractivity contribution in [3.63, 3.8) is 0 Å². The van der Waals surface area contributed by atoms with Crippen LogP contribution in [0, 0.1) is 0 Å². The number of ether oxygens (including phenoxy) is 1. The van der Waals surface area contributed by atoms with E-state index in [1.54, 1.807) is 36.5 Å². The highest BCUT2D eigenvalue weighted by Gasteiger charge is 2.33. The maximum Gasteiger partial charge on any atom is 0.236 e. The van der Waals surface area contributed by atoms with Gasteiger partial charge in [0.1, 0.15) is 23.1 Å². The van der Waals surface area contributed by atoms with Crippen LogP contribution in [-0.4, -0.2) is 60.9 Å². The maximum absolute atomic E-state index is 12.3. The summed E-state index contributed by atoms with van der Waals surface area (Å²) in [5.41, 5.74) is 3.25. The van der Waals surface area contributed by atoms with E-state index in [9.17, 15) is 4.79 Å². The Labute approximate surface area is 194 Å². The molecule has 172 valence electrons. The topological polar surface area (TPSA) is 124 Å². The number of aromatic nitrogens is 6. The van der Waals surface area contributed by atoms with Crippen molar-refractivity contribution in [1.82, 2.24) is 34.8 Å². The van der Waals surface area contributed by atoms with Crippen LogP contribution in [-0.2, 0) is 11.3 Å². The predicted octanol–water partition coefficient (Wildman–Crippen LogP) is 2.86. The Morgan fingerprint density at radius 2 is 1.94 bits per heavy atom. The van der Waals surface area contributed by atoms with Crippen LogP contribution in [0.3, 0.4) is 0 Å². The van der Waals surface area contributed by atoms with Gasteiger partial charge in [0, 0.05) is 38.8 Å². The molecule has 11 heteroatoms. The van der Waals surface area contributed by atoms with Crippen LogP contribution in [0.1, 0.15) is 24.5 Å². The van der Waals surface area contributed by atoms with Crippen molar-refractivity contribution < 1.29 is 14.1 Å². The van der Waals surface area contributed by atoms with Gasteiger partial charge >= 0.3 is 0 Å². The molecule has 1 atom stereocenters. The van der Waals surface area contributed by atoms with E-state index in [1.807, 2.05) is 22.9 Å². The third-order valence-corrected chi connectivity index (χ3v) is 6.02. The highest BCUT2D eigenvalue weighted by molar-refractivity contribution is 5.85. The van der Waals surface area contributed by atoms with Gasteiger partial charge in [0.25, 0.3) is 0 Å². The molecule has 2 aliphatic heterocycles. The van der Waals surface area contributed by atoms with Gasteiger partial charge in [0.05, 0.1) is 29.9 Å². The minimum atomic E-state index is -0.288. The summed E-state index contributed by atoms with van der Waals surface area (Å²) in [6.07, 6.45) is 5.04. The van der Waals surface area contributed by atoms with E-state index < -0.39 is 0 Å². The lowest BCUT2D eigenvalue weighted by molar-refractivity contribution is -0.128. The molecule has 0 spiro atoms. The number of nitrogens with zero attached hydrogens (tertiary/aromatic N) is 7. The highest BCUT2D eigenvalue weighted by Crippen LogP contribution is 2.32. The zero-order chi connectivity index (χ0) is 23.1. The van der Waals surface area contributed by atoms with E-state index in [-0.39, 0.29) is 11.8 Å². The number of nitrogens with one attached hydrogen (secondary N) is 1. The van der Waals surface area contributed by atoms with Crippen molar-refractivity contribution in [1.29, 1.82) is 0 Å². The fourth-order valence-corrected chi connectivity index (χ4v) is 4.22. The van der Waals surface area contributed by atoms with E-state index in [0.717, 1.165) is 25.1 Å². The highest BCUT2D eigenvalue weighted by atomic mass is 16.5. The largest absolute Gasteiger partial charge is 0.476 e. The van der Waals surface area contributed by atoms with Gasteiger partial charge in [0.15, 0.2) is 0 Å². The number of anilines is 2. The second-order valence-corrected chi connectivity index (χ2v) is 8.30. The Bertz CT molecular complexity index is 1360. The van der Waals surface area contributed by atoms with Crippen LogP contribution >= 0.6 is 0 Å². The van der Waals surface area contributed by atoms with Crippen LogP contribution in [0.5, 0.6) is 5.88 Å². The van der Waals surface area contributed by atoms with Crippen LogP contribution < -0.4 is 10.1 Å².